The standard InChI is InChI=1S/C11H13BrN2O2/c1-8(15)14-5-4-10(7-14)16-11-3-2-9(12)6-13-11/h2-3,6,10H,4-5,7H2,1H3. The number of likely N-dealkylation sites (tertiary alicyclic amines) is 1. The number of amides is 1. The van der Waals surface area contributed by atoms with Crippen molar-refractivity contribution in [3.8, 4) is 5.88 Å². The summed E-state index contributed by atoms with van der Waals surface area (Å²) in [5.74, 6) is 0.716. The largest absolute Gasteiger partial charge is 0.472 e. The molecule has 5 heteroatoms. The van der Waals surface area contributed by atoms with E-state index in [-0.39, 0.29) is 12.0 Å². The van der Waals surface area contributed by atoms with E-state index in [4.69, 9.17) is 4.74 Å². The lowest BCUT2D eigenvalue weighted by Gasteiger charge is -2.14. The van der Waals surface area contributed by atoms with E-state index in [1.54, 1.807) is 18.0 Å². The molecule has 1 amide bonds. The fraction of sp³-hybridized carbons (Fsp3) is 0.455. The number of hydrogen-bond donors (Lipinski definition) is 0. The Morgan fingerprint density at radius 1 is 1.62 bits per heavy atom. The van der Waals surface area contributed by atoms with Crippen LogP contribution >= 0.6 is 15.9 Å². The number of nitrogens with zero attached hydrogens (tertiary/aromatic N) is 2. The Balaban J connectivity index is 1.92. The second-order valence-corrected chi connectivity index (χ2v) is 4.72. The zero-order valence-electron chi connectivity index (χ0n) is 9.02. The third-order valence-corrected chi connectivity index (χ3v) is 3.05. The van der Waals surface area contributed by atoms with Crippen LogP contribution in [0.2, 0.25) is 0 Å². The van der Waals surface area contributed by atoms with Crippen LogP contribution in [0.15, 0.2) is 22.8 Å². The predicted octanol–water partition coefficient (Wildman–Crippen LogP) is 1.84. The molecular formula is C11H13BrN2O2. The van der Waals surface area contributed by atoms with Crippen molar-refractivity contribution in [2.45, 2.75) is 19.4 Å². The van der Waals surface area contributed by atoms with Gasteiger partial charge in [-0.15, -0.1) is 0 Å². The van der Waals surface area contributed by atoms with Crippen LogP contribution in [0.3, 0.4) is 0 Å². The summed E-state index contributed by atoms with van der Waals surface area (Å²) in [5, 5.41) is 0. The summed E-state index contributed by atoms with van der Waals surface area (Å²) in [7, 11) is 0. The van der Waals surface area contributed by atoms with Gasteiger partial charge in [-0.2, -0.15) is 0 Å². The molecule has 1 unspecified atom stereocenters. The van der Waals surface area contributed by atoms with Crippen molar-refractivity contribution in [1.82, 2.24) is 9.88 Å². The van der Waals surface area contributed by atoms with Gasteiger partial charge in [0.25, 0.3) is 0 Å². The van der Waals surface area contributed by atoms with Gasteiger partial charge in [-0.3, -0.25) is 4.79 Å². The van der Waals surface area contributed by atoms with Crippen molar-refractivity contribution < 1.29 is 9.53 Å². The molecular weight excluding hydrogens is 272 g/mol. The van der Waals surface area contributed by atoms with E-state index < -0.39 is 0 Å². The Bertz CT molecular complexity index is 380. The van der Waals surface area contributed by atoms with Crippen LogP contribution < -0.4 is 4.74 Å². The van der Waals surface area contributed by atoms with Crippen molar-refractivity contribution in [2.75, 3.05) is 13.1 Å². The Morgan fingerprint density at radius 2 is 2.44 bits per heavy atom. The number of carbonyl (C=O) groups is 1. The average Bonchev–Trinajstić information content (AvgIpc) is 2.70. The van der Waals surface area contributed by atoms with Gasteiger partial charge in [-0.25, -0.2) is 4.98 Å². The molecule has 0 N–H and O–H groups in total. The first-order valence-electron chi connectivity index (χ1n) is 5.19. The Morgan fingerprint density at radius 3 is 3.00 bits per heavy atom. The highest BCUT2D eigenvalue weighted by molar-refractivity contribution is 9.10. The second-order valence-electron chi connectivity index (χ2n) is 3.81. The Kier molecular flexibility index (Phi) is 3.43. The first kappa shape index (κ1) is 11.4. The third-order valence-electron chi connectivity index (χ3n) is 2.58. The summed E-state index contributed by atoms with van der Waals surface area (Å²) >= 11 is 3.32. The summed E-state index contributed by atoms with van der Waals surface area (Å²) in [4.78, 5) is 17.1. The molecule has 4 nitrogen and oxygen atoms in total. The zero-order chi connectivity index (χ0) is 11.5. The first-order valence-corrected chi connectivity index (χ1v) is 5.98. The molecule has 16 heavy (non-hydrogen) atoms. The molecule has 86 valence electrons. The molecule has 1 aromatic heterocycles. The maximum Gasteiger partial charge on any atom is 0.219 e. The SMILES string of the molecule is CC(=O)N1CCC(Oc2ccc(Br)cn2)C1. The van der Waals surface area contributed by atoms with Gasteiger partial charge in [0.15, 0.2) is 0 Å². The summed E-state index contributed by atoms with van der Waals surface area (Å²) < 4.78 is 6.61. The quantitative estimate of drug-likeness (QED) is 0.832. The second kappa shape index (κ2) is 4.82. The molecule has 1 fully saturated rings. The van der Waals surface area contributed by atoms with Crippen LogP contribution in [-0.4, -0.2) is 35.0 Å². The van der Waals surface area contributed by atoms with Gasteiger partial charge in [0, 0.05) is 36.6 Å². The topological polar surface area (TPSA) is 42.4 Å². The molecule has 0 bridgehead atoms. The maximum atomic E-state index is 11.1. The van der Waals surface area contributed by atoms with Gasteiger partial charge in [0.05, 0.1) is 6.54 Å². The minimum absolute atomic E-state index is 0.0672. The minimum atomic E-state index is 0.0672. The normalized spacial score (nSPS) is 19.9. The fourth-order valence-corrected chi connectivity index (χ4v) is 1.95. The van der Waals surface area contributed by atoms with Gasteiger partial charge < -0.3 is 9.64 Å². The fourth-order valence-electron chi connectivity index (χ4n) is 1.71. The van der Waals surface area contributed by atoms with Gasteiger partial charge in [0.2, 0.25) is 11.8 Å². The van der Waals surface area contributed by atoms with E-state index in [1.807, 2.05) is 12.1 Å². The van der Waals surface area contributed by atoms with Gasteiger partial charge in [-0.05, 0) is 22.0 Å². The molecule has 2 rings (SSSR count). The summed E-state index contributed by atoms with van der Waals surface area (Å²) in [5.41, 5.74) is 0. The lowest BCUT2D eigenvalue weighted by atomic mass is 10.3. The van der Waals surface area contributed by atoms with E-state index in [0.717, 1.165) is 17.4 Å². The lowest BCUT2D eigenvalue weighted by molar-refractivity contribution is -0.128. The van der Waals surface area contributed by atoms with Crippen LogP contribution in [0.25, 0.3) is 0 Å². The highest BCUT2D eigenvalue weighted by Gasteiger charge is 2.25. The van der Waals surface area contributed by atoms with E-state index in [0.29, 0.717) is 12.4 Å². The highest BCUT2D eigenvalue weighted by Crippen LogP contribution is 2.18. The first-order chi connectivity index (χ1) is 7.65. The van der Waals surface area contributed by atoms with Crippen LogP contribution in [0, 0.1) is 0 Å². The van der Waals surface area contributed by atoms with Crippen LogP contribution in [0.4, 0.5) is 0 Å². The molecule has 0 spiro atoms. The number of pyridine rings is 1. The molecule has 1 atom stereocenters. The van der Waals surface area contributed by atoms with Crippen molar-refractivity contribution in [3.05, 3.63) is 22.8 Å². The molecule has 0 aromatic carbocycles. The van der Waals surface area contributed by atoms with Crippen molar-refractivity contribution in [2.24, 2.45) is 0 Å². The predicted molar refractivity (Wildman–Crippen MR) is 63.2 cm³/mol. The third kappa shape index (κ3) is 2.72. The zero-order valence-corrected chi connectivity index (χ0v) is 10.6. The summed E-state index contributed by atoms with van der Waals surface area (Å²) in [6.07, 6.45) is 2.64. The van der Waals surface area contributed by atoms with Gasteiger partial charge in [-0.1, -0.05) is 0 Å². The maximum absolute atomic E-state index is 11.1. The molecule has 0 radical (unpaired) electrons. The van der Waals surface area contributed by atoms with E-state index >= 15 is 0 Å². The monoisotopic (exact) mass is 284 g/mol. The number of ether oxygens (including phenoxy) is 1. The van der Waals surface area contributed by atoms with Crippen LogP contribution in [0.5, 0.6) is 5.88 Å². The summed E-state index contributed by atoms with van der Waals surface area (Å²) in [6.45, 7) is 3.02. The highest BCUT2D eigenvalue weighted by atomic mass is 79.9. The number of rotatable bonds is 2. The van der Waals surface area contributed by atoms with Gasteiger partial charge >= 0.3 is 0 Å². The average molecular weight is 285 g/mol. The molecule has 0 aliphatic carbocycles. The molecule has 2 heterocycles. The number of carbonyl (C=O) groups excluding carboxylic acids is 1. The molecule has 1 aromatic rings. The minimum Gasteiger partial charge on any atom is -0.472 e. The van der Waals surface area contributed by atoms with Crippen molar-refractivity contribution in [3.63, 3.8) is 0 Å². The Labute approximate surface area is 103 Å². The molecule has 0 saturated carbocycles. The van der Waals surface area contributed by atoms with Crippen LogP contribution in [-0.2, 0) is 4.79 Å². The molecule has 1 saturated heterocycles. The number of hydrogen-bond acceptors (Lipinski definition) is 3. The van der Waals surface area contributed by atoms with Crippen molar-refractivity contribution in [1.29, 1.82) is 0 Å². The smallest absolute Gasteiger partial charge is 0.219 e. The lowest BCUT2D eigenvalue weighted by Crippen LogP contribution is -2.28. The van der Waals surface area contributed by atoms with E-state index in [1.165, 1.54) is 0 Å². The van der Waals surface area contributed by atoms with E-state index in [2.05, 4.69) is 20.9 Å². The van der Waals surface area contributed by atoms with Gasteiger partial charge in [0.1, 0.15) is 6.10 Å². The van der Waals surface area contributed by atoms with E-state index in [9.17, 15) is 4.79 Å². The number of halogens is 1. The number of aromatic nitrogens is 1. The summed E-state index contributed by atoms with van der Waals surface area (Å²) in [6, 6.07) is 3.71. The molecule has 1 aliphatic heterocycles. The molecule has 1 aliphatic rings. The Hall–Kier alpha value is -1.10. The van der Waals surface area contributed by atoms with Crippen molar-refractivity contribution >= 4 is 21.8 Å². The van der Waals surface area contributed by atoms with Crippen LogP contribution in [0.1, 0.15) is 13.3 Å².